The third-order valence-corrected chi connectivity index (χ3v) is 3.51. The molecule has 1 heterocycles. The second-order valence-electron chi connectivity index (χ2n) is 4.05. The summed E-state index contributed by atoms with van der Waals surface area (Å²) in [6, 6.07) is 11.1. The summed E-state index contributed by atoms with van der Waals surface area (Å²) < 4.78 is 2.58. The number of hydrogen-bond acceptors (Lipinski definition) is 2. The third-order valence-electron chi connectivity index (χ3n) is 2.73. The van der Waals surface area contributed by atoms with Gasteiger partial charge in [0.05, 0.1) is 5.69 Å². The summed E-state index contributed by atoms with van der Waals surface area (Å²) in [5, 5.41) is 2.82. The van der Waals surface area contributed by atoms with Crippen LogP contribution in [0.5, 0.6) is 0 Å². The first-order valence-electron chi connectivity index (χ1n) is 5.81. The van der Waals surface area contributed by atoms with E-state index in [2.05, 4.69) is 21.2 Å². The molecule has 1 N–H and O–H groups in total. The van der Waals surface area contributed by atoms with Gasteiger partial charge in [0.15, 0.2) is 6.29 Å². The topological polar surface area (TPSA) is 51.1 Å². The summed E-state index contributed by atoms with van der Waals surface area (Å²) in [7, 11) is 0. The molecule has 0 aliphatic heterocycles. The highest BCUT2D eigenvalue weighted by Gasteiger charge is 2.06. The van der Waals surface area contributed by atoms with Gasteiger partial charge in [-0.1, -0.05) is 34.1 Å². The Balaban J connectivity index is 1.92. The maximum atomic E-state index is 11.8. The molecule has 0 atom stereocenters. The second kappa shape index (κ2) is 6.33. The van der Waals surface area contributed by atoms with E-state index in [0.717, 1.165) is 16.3 Å². The molecule has 0 aliphatic rings. The van der Waals surface area contributed by atoms with Crippen molar-refractivity contribution in [1.29, 1.82) is 0 Å². The predicted molar refractivity (Wildman–Crippen MR) is 75.8 cm³/mol. The number of benzene rings is 1. The summed E-state index contributed by atoms with van der Waals surface area (Å²) in [5.74, 6) is -0.130. The SMILES string of the molecule is O=Cc1cccn1CC(=O)NCc1ccccc1Br. The van der Waals surface area contributed by atoms with Crippen molar-refractivity contribution in [3.63, 3.8) is 0 Å². The highest BCUT2D eigenvalue weighted by molar-refractivity contribution is 9.10. The molecule has 1 amide bonds. The molecule has 98 valence electrons. The van der Waals surface area contributed by atoms with Crippen molar-refractivity contribution in [3.8, 4) is 0 Å². The summed E-state index contributed by atoms with van der Waals surface area (Å²) in [5.41, 5.74) is 1.51. The largest absolute Gasteiger partial charge is 0.350 e. The monoisotopic (exact) mass is 320 g/mol. The summed E-state index contributed by atoms with van der Waals surface area (Å²) in [6.45, 7) is 0.601. The molecule has 0 bridgehead atoms. The molecule has 19 heavy (non-hydrogen) atoms. The van der Waals surface area contributed by atoms with Gasteiger partial charge in [-0.25, -0.2) is 0 Å². The molecular weight excluding hydrogens is 308 g/mol. The zero-order chi connectivity index (χ0) is 13.7. The van der Waals surface area contributed by atoms with E-state index in [4.69, 9.17) is 0 Å². The van der Waals surface area contributed by atoms with E-state index < -0.39 is 0 Å². The molecule has 0 saturated carbocycles. The minimum absolute atomic E-state index is 0.130. The zero-order valence-corrected chi connectivity index (χ0v) is 11.8. The molecule has 2 rings (SSSR count). The van der Waals surface area contributed by atoms with Gasteiger partial charge in [0, 0.05) is 17.2 Å². The molecule has 0 saturated heterocycles. The van der Waals surface area contributed by atoms with Crippen LogP contribution in [0.3, 0.4) is 0 Å². The molecular formula is C14H13BrN2O2. The van der Waals surface area contributed by atoms with Crippen LogP contribution >= 0.6 is 15.9 Å². The predicted octanol–water partition coefficient (Wildman–Crippen LogP) is 2.38. The molecule has 5 heteroatoms. The molecule has 1 aromatic carbocycles. The lowest BCUT2D eigenvalue weighted by atomic mass is 10.2. The van der Waals surface area contributed by atoms with Gasteiger partial charge >= 0.3 is 0 Å². The van der Waals surface area contributed by atoms with Crippen molar-refractivity contribution in [3.05, 3.63) is 58.3 Å². The van der Waals surface area contributed by atoms with E-state index >= 15 is 0 Å². The first kappa shape index (κ1) is 13.5. The fraction of sp³-hybridized carbons (Fsp3) is 0.143. The van der Waals surface area contributed by atoms with E-state index in [9.17, 15) is 9.59 Å². The average molecular weight is 321 g/mol. The molecule has 0 radical (unpaired) electrons. The van der Waals surface area contributed by atoms with Crippen LogP contribution in [0.25, 0.3) is 0 Å². The van der Waals surface area contributed by atoms with Crippen molar-refractivity contribution in [2.24, 2.45) is 0 Å². The normalized spacial score (nSPS) is 10.2. The Morgan fingerprint density at radius 3 is 2.79 bits per heavy atom. The smallest absolute Gasteiger partial charge is 0.240 e. The van der Waals surface area contributed by atoms with Gasteiger partial charge in [0.25, 0.3) is 0 Å². The fourth-order valence-electron chi connectivity index (χ4n) is 1.72. The zero-order valence-electron chi connectivity index (χ0n) is 10.2. The fourth-order valence-corrected chi connectivity index (χ4v) is 2.15. The van der Waals surface area contributed by atoms with E-state index in [1.807, 2.05) is 24.3 Å². The van der Waals surface area contributed by atoms with Gasteiger partial charge < -0.3 is 9.88 Å². The Morgan fingerprint density at radius 2 is 2.05 bits per heavy atom. The number of aldehydes is 1. The molecule has 0 fully saturated rings. The van der Waals surface area contributed by atoms with Gasteiger partial charge in [-0.3, -0.25) is 9.59 Å². The molecule has 2 aromatic rings. The number of carbonyl (C=O) groups is 2. The van der Waals surface area contributed by atoms with Gasteiger partial charge in [-0.05, 0) is 23.8 Å². The Morgan fingerprint density at radius 1 is 1.26 bits per heavy atom. The number of halogens is 1. The average Bonchev–Trinajstić information content (AvgIpc) is 2.85. The lowest BCUT2D eigenvalue weighted by molar-refractivity contribution is -0.121. The van der Waals surface area contributed by atoms with Crippen molar-refractivity contribution < 1.29 is 9.59 Å². The maximum Gasteiger partial charge on any atom is 0.240 e. The highest BCUT2D eigenvalue weighted by atomic mass is 79.9. The van der Waals surface area contributed by atoms with Gasteiger partial charge in [-0.15, -0.1) is 0 Å². The standard InChI is InChI=1S/C14H13BrN2O2/c15-13-6-2-1-4-11(13)8-16-14(19)9-17-7-3-5-12(17)10-18/h1-7,10H,8-9H2,(H,16,19). The number of nitrogens with one attached hydrogen (secondary N) is 1. The Kier molecular flexibility index (Phi) is 4.52. The van der Waals surface area contributed by atoms with Crippen LogP contribution in [-0.4, -0.2) is 16.8 Å². The molecule has 0 spiro atoms. The Bertz CT molecular complexity index is 593. The van der Waals surface area contributed by atoms with E-state index in [-0.39, 0.29) is 12.5 Å². The summed E-state index contributed by atoms with van der Waals surface area (Å²) in [4.78, 5) is 22.5. The number of carbonyl (C=O) groups excluding carboxylic acids is 2. The van der Waals surface area contributed by atoms with E-state index in [1.165, 1.54) is 0 Å². The van der Waals surface area contributed by atoms with E-state index in [1.54, 1.807) is 22.9 Å². The Hall–Kier alpha value is -1.88. The van der Waals surface area contributed by atoms with Crippen LogP contribution < -0.4 is 5.32 Å². The van der Waals surface area contributed by atoms with Crippen LogP contribution in [0.15, 0.2) is 47.1 Å². The number of amides is 1. The van der Waals surface area contributed by atoms with Gasteiger partial charge in [-0.2, -0.15) is 0 Å². The van der Waals surface area contributed by atoms with Crippen LogP contribution in [0, 0.1) is 0 Å². The first-order valence-corrected chi connectivity index (χ1v) is 6.60. The minimum atomic E-state index is -0.130. The van der Waals surface area contributed by atoms with Gasteiger partial charge in [0.1, 0.15) is 6.54 Å². The summed E-state index contributed by atoms with van der Waals surface area (Å²) >= 11 is 3.43. The van der Waals surface area contributed by atoms with Crippen molar-refractivity contribution in [2.45, 2.75) is 13.1 Å². The van der Waals surface area contributed by atoms with Gasteiger partial charge in [0.2, 0.25) is 5.91 Å². The number of nitrogens with zero attached hydrogens (tertiary/aromatic N) is 1. The number of aromatic nitrogens is 1. The number of rotatable bonds is 5. The molecule has 4 nitrogen and oxygen atoms in total. The van der Waals surface area contributed by atoms with Crippen LogP contribution in [0.2, 0.25) is 0 Å². The molecule has 0 aliphatic carbocycles. The van der Waals surface area contributed by atoms with Crippen LogP contribution in [-0.2, 0) is 17.9 Å². The van der Waals surface area contributed by atoms with Crippen LogP contribution in [0.4, 0.5) is 0 Å². The van der Waals surface area contributed by atoms with Crippen molar-refractivity contribution >= 4 is 28.1 Å². The summed E-state index contributed by atoms with van der Waals surface area (Å²) in [6.07, 6.45) is 2.45. The highest BCUT2D eigenvalue weighted by Crippen LogP contribution is 2.15. The lowest BCUT2D eigenvalue weighted by Crippen LogP contribution is -2.27. The lowest BCUT2D eigenvalue weighted by Gasteiger charge is -2.08. The maximum absolute atomic E-state index is 11.8. The minimum Gasteiger partial charge on any atom is -0.350 e. The van der Waals surface area contributed by atoms with Crippen molar-refractivity contribution in [2.75, 3.05) is 0 Å². The number of hydrogen-bond donors (Lipinski definition) is 1. The third kappa shape index (κ3) is 3.54. The van der Waals surface area contributed by atoms with E-state index in [0.29, 0.717) is 12.2 Å². The van der Waals surface area contributed by atoms with Crippen molar-refractivity contribution in [1.82, 2.24) is 9.88 Å². The second-order valence-corrected chi connectivity index (χ2v) is 4.90. The molecule has 0 unspecified atom stereocenters. The molecule has 1 aromatic heterocycles. The van der Waals surface area contributed by atoms with Crippen LogP contribution in [0.1, 0.15) is 16.1 Å². The Labute approximate surface area is 119 Å². The quantitative estimate of drug-likeness (QED) is 0.860. The first-order chi connectivity index (χ1) is 9.20.